The van der Waals surface area contributed by atoms with Crippen LogP contribution in [-0.2, 0) is 11.2 Å². The molecule has 46 heavy (non-hydrogen) atoms. The molecule has 0 aromatic heterocycles. The van der Waals surface area contributed by atoms with Crippen molar-refractivity contribution in [2.24, 2.45) is 0 Å². The van der Waals surface area contributed by atoms with Gasteiger partial charge in [0.1, 0.15) is 12.4 Å². The molecule has 0 N–H and O–H groups in total. The number of hydrogen-bond acceptors (Lipinski definition) is 2. The molecule has 0 heterocycles. The van der Waals surface area contributed by atoms with E-state index in [4.69, 9.17) is 4.74 Å². The van der Waals surface area contributed by atoms with Gasteiger partial charge < -0.3 is 9.30 Å². The average molecular weight is 611 g/mol. The van der Waals surface area contributed by atoms with Crippen LogP contribution in [0.4, 0.5) is 0 Å². The molecule has 8 aromatic carbocycles. The SMILES string of the molecule is O=P(c1ccc2ccccc2c1)(c1ccc2ccccc2c1)c1ccccc1-c1c(OCc2ccccc2)ccc2ccccc12. The molecule has 0 amide bonds. The van der Waals surface area contributed by atoms with E-state index in [1.807, 2.05) is 78.9 Å². The maximum atomic E-state index is 16.3. The lowest BCUT2D eigenvalue weighted by atomic mass is 9.97. The summed E-state index contributed by atoms with van der Waals surface area (Å²) in [6.45, 7) is 0.432. The van der Waals surface area contributed by atoms with E-state index >= 15 is 4.57 Å². The second kappa shape index (κ2) is 11.8. The van der Waals surface area contributed by atoms with Gasteiger partial charge in [0.25, 0.3) is 0 Å². The van der Waals surface area contributed by atoms with Crippen molar-refractivity contribution in [3.05, 3.63) is 181 Å². The molecule has 0 saturated heterocycles. The smallest absolute Gasteiger partial charge is 0.171 e. The molecule has 0 fully saturated rings. The molecule has 0 bridgehead atoms. The van der Waals surface area contributed by atoms with Gasteiger partial charge in [-0.05, 0) is 61.6 Å². The summed E-state index contributed by atoms with van der Waals surface area (Å²) in [6, 6.07) is 59.9. The van der Waals surface area contributed by atoms with Crippen molar-refractivity contribution in [3.63, 3.8) is 0 Å². The van der Waals surface area contributed by atoms with Crippen molar-refractivity contribution >= 4 is 55.4 Å². The quantitative estimate of drug-likeness (QED) is 0.168. The number of hydrogen-bond donors (Lipinski definition) is 0. The first-order valence-corrected chi connectivity index (χ1v) is 17.3. The van der Waals surface area contributed by atoms with E-state index in [-0.39, 0.29) is 0 Å². The molecule has 0 aliphatic rings. The zero-order valence-corrected chi connectivity index (χ0v) is 26.1. The van der Waals surface area contributed by atoms with Crippen LogP contribution in [0.5, 0.6) is 5.75 Å². The van der Waals surface area contributed by atoms with Crippen molar-refractivity contribution in [1.82, 2.24) is 0 Å². The van der Waals surface area contributed by atoms with Gasteiger partial charge in [0.2, 0.25) is 0 Å². The van der Waals surface area contributed by atoms with Crippen molar-refractivity contribution in [2.75, 3.05) is 0 Å². The molecule has 2 nitrogen and oxygen atoms in total. The summed E-state index contributed by atoms with van der Waals surface area (Å²) in [6.07, 6.45) is 0. The highest BCUT2D eigenvalue weighted by atomic mass is 31.2. The van der Waals surface area contributed by atoms with Gasteiger partial charge in [-0.2, -0.15) is 0 Å². The molecule has 0 aliphatic heterocycles. The van der Waals surface area contributed by atoms with Crippen LogP contribution in [0.15, 0.2) is 176 Å². The lowest BCUT2D eigenvalue weighted by Gasteiger charge is -2.25. The molecule has 0 saturated carbocycles. The molecule has 0 atom stereocenters. The van der Waals surface area contributed by atoms with Crippen LogP contribution < -0.4 is 20.7 Å². The third kappa shape index (κ3) is 4.98. The van der Waals surface area contributed by atoms with E-state index in [0.717, 1.165) is 70.7 Å². The third-order valence-corrected chi connectivity index (χ3v) is 11.9. The Hall–Kier alpha value is -5.43. The van der Waals surface area contributed by atoms with Gasteiger partial charge in [0.15, 0.2) is 7.14 Å². The molecule has 0 aliphatic carbocycles. The zero-order valence-electron chi connectivity index (χ0n) is 25.2. The summed E-state index contributed by atoms with van der Waals surface area (Å²) < 4.78 is 22.9. The van der Waals surface area contributed by atoms with Crippen LogP contribution in [0.2, 0.25) is 0 Å². The Morgan fingerprint density at radius 3 is 1.65 bits per heavy atom. The second-order valence-corrected chi connectivity index (χ2v) is 14.4. The molecule has 0 spiro atoms. The predicted octanol–water partition coefficient (Wildman–Crippen LogP) is 10.0. The van der Waals surface area contributed by atoms with Crippen LogP contribution in [-0.4, -0.2) is 0 Å². The standard InChI is InChI=1S/C43H31O2P/c44-46(37-25-22-32-14-4-6-17-35(32)28-37,38-26-23-33-15-5-7-18-36(33)29-38)42-21-11-10-20-40(42)43-39-19-9-8-16-34(39)24-27-41(43)45-30-31-12-2-1-3-13-31/h1-29H,30H2. The van der Waals surface area contributed by atoms with E-state index in [9.17, 15) is 0 Å². The summed E-state index contributed by atoms with van der Waals surface area (Å²) in [5, 5.41) is 8.94. The molecular weight excluding hydrogens is 579 g/mol. The molecule has 0 unspecified atom stereocenters. The molecular formula is C43H31O2P. The van der Waals surface area contributed by atoms with Crippen LogP contribution in [0.25, 0.3) is 43.4 Å². The van der Waals surface area contributed by atoms with Gasteiger partial charge in [0.05, 0.1) is 0 Å². The summed E-state index contributed by atoms with van der Waals surface area (Å²) in [7, 11) is -3.42. The maximum Gasteiger partial charge on any atom is 0.171 e. The predicted molar refractivity (Wildman–Crippen MR) is 195 cm³/mol. The Kier molecular flexibility index (Phi) is 7.21. The minimum Gasteiger partial charge on any atom is -0.488 e. The molecule has 8 rings (SSSR count). The topological polar surface area (TPSA) is 26.3 Å². The van der Waals surface area contributed by atoms with Crippen LogP contribution in [0.1, 0.15) is 5.56 Å². The molecule has 8 aromatic rings. The maximum absolute atomic E-state index is 16.3. The van der Waals surface area contributed by atoms with Gasteiger partial charge in [-0.1, -0.05) is 158 Å². The Balaban J connectivity index is 1.40. The van der Waals surface area contributed by atoms with Crippen LogP contribution in [0, 0.1) is 0 Å². The molecule has 0 radical (unpaired) electrons. The van der Waals surface area contributed by atoms with Crippen molar-refractivity contribution < 1.29 is 9.30 Å². The third-order valence-electron chi connectivity index (χ3n) is 8.83. The number of rotatable bonds is 7. The van der Waals surface area contributed by atoms with E-state index in [1.54, 1.807) is 0 Å². The number of benzene rings is 8. The lowest BCUT2D eigenvalue weighted by Crippen LogP contribution is -2.26. The minimum absolute atomic E-state index is 0.432. The average Bonchev–Trinajstić information content (AvgIpc) is 3.13. The Morgan fingerprint density at radius 2 is 0.978 bits per heavy atom. The normalized spacial score (nSPS) is 11.7. The van der Waals surface area contributed by atoms with E-state index in [1.165, 1.54) is 0 Å². The first kappa shape index (κ1) is 28.1. The van der Waals surface area contributed by atoms with Crippen LogP contribution >= 0.6 is 7.14 Å². The van der Waals surface area contributed by atoms with Gasteiger partial charge in [-0.15, -0.1) is 0 Å². The fraction of sp³-hybridized carbons (Fsp3) is 0.0233. The first-order chi connectivity index (χ1) is 22.7. The fourth-order valence-corrected chi connectivity index (χ4v) is 9.40. The highest BCUT2D eigenvalue weighted by molar-refractivity contribution is 7.85. The number of ether oxygens (including phenoxy) is 1. The lowest BCUT2D eigenvalue weighted by molar-refractivity contribution is 0.308. The van der Waals surface area contributed by atoms with E-state index < -0.39 is 7.14 Å². The monoisotopic (exact) mass is 610 g/mol. The summed E-state index contributed by atoms with van der Waals surface area (Å²) in [5.41, 5.74) is 2.95. The fourth-order valence-electron chi connectivity index (χ4n) is 6.52. The summed E-state index contributed by atoms with van der Waals surface area (Å²) in [5.74, 6) is 0.763. The van der Waals surface area contributed by atoms with Gasteiger partial charge in [-0.25, -0.2) is 0 Å². The van der Waals surface area contributed by atoms with Gasteiger partial charge in [0, 0.05) is 21.5 Å². The Bertz CT molecular complexity index is 2330. The highest BCUT2D eigenvalue weighted by Crippen LogP contribution is 2.48. The zero-order chi connectivity index (χ0) is 30.9. The van der Waals surface area contributed by atoms with Crippen molar-refractivity contribution in [3.8, 4) is 16.9 Å². The van der Waals surface area contributed by atoms with E-state index in [0.29, 0.717) is 6.61 Å². The number of fused-ring (bicyclic) bond motifs is 3. The first-order valence-electron chi connectivity index (χ1n) is 15.6. The Morgan fingerprint density at radius 1 is 0.457 bits per heavy atom. The van der Waals surface area contributed by atoms with Gasteiger partial charge in [-0.3, -0.25) is 0 Å². The van der Waals surface area contributed by atoms with E-state index in [2.05, 4.69) is 97.1 Å². The molecule has 220 valence electrons. The Labute approximate surface area is 268 Å². The van der Waals surface area contributed by atoms with Crippen molar-refractivity contribution in [2.45, 2.75) is 6.61 Å². The largest absolute Gasteiger partial charge is 0.488 e. The van der Waals surface area contributed by atoms with Crippen molar-refractivity contribution in [1.29, 1.82) is 0 Å². The molecule has 3 heteroatoms. The van der Waals surface area contributed by atoms with Gasteiger partial charge >= 0.3 is 0 Å². The summed E-state index contributed by atoms with van der Waals surface area (Å²) in [4.78, 5) is 0. The highest BCUT2D eigenvalue weighted by Gasteiger charge is 2.33. The van der Waals surface area contributed by atoms with Crippen LogP contribution in [0.3, 0.4) is 0 Å². The second-order valence-electron chi connectivity index (χ2n) is 11.6. The summed E-state index contributed by atoms with van der Waals surface area (Å²) >= 11 is 0. The minimum atomic E-state index is -3.42.